The molecular weight excluding hydrogens is 489 g/mol. The van der Waals surface area contributed by atoms with Crippen LogP contribution in [-0.2, 0) is 0 Å². The van der Waals surface area contributed by atoms with Gasteiger partial charge in [0.1, 0.15) is 17.2 Å². The lowest BCUT2D eigenvalue weighted by molar-refractivity contribution is -0.274. The van der Waals surface area contributed by atoms with Crippen molar-refractivity contribution in [2.24, 2.45) is 5.92 Å². The number of aryl methyl sites for hydroxylation is 2. The topological polar surface area (TPSA) is 114 Å². The smallest absolute Gasteiger partial charge is 0.478 e. The summed E-state index contributed by atoms with van der Waals surface area (Å²) in [5, 5.41) is 23.3. The summed E-state index contributed by atoms with van der Waals surface area (Å²) in [6.45, 7) is 3.53. The van der Waals surface area contributed by atoms with Gasteiger partial charge in [0.15, 0.2) is 0 Å². The first-order valence-corrected chi connectivity index (χ1v) is 11.5. The van der Waals surface area contributed by atoms with Crippen molar-refractivity contribution in [2.75, 3.05) is 0 Å². The molecule has 1 aliphatic carbocycles. The maximum Gasteiger partial charge on any atom is 0.573 e. The standard InChI is InChI=1S/C26H21F3N4O4/c1-13-23(14(2)37-32-13)17-9-19-20(12-33(24(19)31-11-17)21(7-8-30)15-3-4-15)18-6-5-16(25(34)35)10-22(18)36-26(27,28)29/h5-6,9-12,15,21H,3-4,7H2,1-2H3,(H,34,35). The van der Waals surface area contributed by atoms with Crippen LogP contribution in [0.4, 0.5) is 13.2 Å². The van der Waals surface area contributed by atoms with E-state index in [9.17, 15) is 28.3 Å². The zero-order valence-corrected chi connectivity index (χ0v) is 19.8. The van der Waals surface area contributed by atoms with E-state index in [0.717, 1.165) is 24.5 Å². The Bertz CT molecular complexity index is 1540. The molecule has 0 spiro atoms. The van der Waals surface area contributed by atoms with E-state index in [4.69, 9.17) is 4.52 Å². The number of benzene rings is 1. The molecule has 0 aliphatic heterocycles. The van der Waals surface area contributed by atoms with Gasteiger partial charge in [0, 0.05) is 40.0 Å². The number of carboxylic acids is 1. The molecule has 1 aliphatic rings. The normalized spacial score (nSPS) is 14.5. The first-order chi connectivity index (χ1) is 17.6. The highest BCUT2D eigenvalue weighted by Gasteiger charge is 2.36. The minimum atomic E-state index is -5.04. The number of nitrogens with zero attached hydrogens (tertiary/aromatic N) is 4. The van der Waals surface area contributed by atoms with E-state index in [1.165, 1.54) is 12.1 Å². The minimum Gasteiger partial charge on any atom is -0.478 e. The third-order valence-corrected chi connectivity index (χ3v) is 6.56. The molecule has 3 aromatic heterocycles. The zero-order chi connectivity index (χ0) is 26.5. The van der Waals surface area contributed by atoms with Crippen LogP contribution in [0.5, 0.6) is 5.75 Å². The van der Waals surface area contributed by atoms with Crippen LogP contribution in [0, 0.1) is 31.1 Å². The van der Waals surface area contributed by atoms with Gasteiger partial charge in [-0.2, -0.15) is 5.26 Å². The van der Waals surface area contributed by atoms with Gasteiger partial charge in [-0.15, -0.1) is 13.2 Å². The van der Waals surface area contributed by atoms with E-state index in [1.54, 1.807) is 32.3 Å². The number of ether oxygens (including phenoxy) is 1. The van der Waals surface area contributed by atoms with Crippen molar-refractivity contribution in [1.82, 2.24) is 14.7 Å². The summed E-state index contributed by atoms with van der Waals surface area (Å²) in [5.41, 5.74) is 2.58. The highest BCUT2D eigenvalue weighted by Crippen LogP contribution is 2.46. The lowest BCUT2D eigenvalue weighted by Crippen LogP contribution is -2.18. The second-order valence-electron chi connectivity index (χ2n) is 9.08. The molecule has 8 nitrogen and oxygen atoms in total. The Morgan fingerprint density at radius 3 is 2.65 bits per heavy atom. The van der Waals surface area contributed by atoms with Gasteiger partial charge in [0.25, 0.3) is 0 Å². The summed E-state index contributed by atoms with van der Waals surface area (Å²) in [6, 6.07) is 7.17. The van der Waals surface area contributed by atoms with Gasteiger partial charge in [-0.1, -0.05) is 5.16 Å². The van der Waals surface area contributed by atoms with Crippen LogP contribution in [0.2, 0.25) is 0 Å². The fourth-order valence-corrected chi connectivity index (χ4v) is 4.78. The van der Waals surface area contributed by atoms with Crippen LogP contribution in [0.1, 0.15) is 47.1 Å². The fourth-order valence-electron chi connectivity index (χ4n) is 4.78. The number of hydrogen-bond acceptors (Lipinski definition) is 6. The zero-order valence-electron chi connectivity index (χ0n) is 19.8. The average molecular weight is 510 g/mol. The van der Waals surface area contributed by atoms with Crippen molar-refractivity contribution < 1.29 is 32.3 Å². The van der Waals surface area contributed by atoms with Crippen molar-refractivity contribution in [3.8, 4) is 34.1 Å². The van der Waals surface area contributed by atoms with Crippen molar-refractivity contribution >= 4 is 17.0 Å². The highest BCUT2D eigenvalue weighted by atomic mass is 19.4. The lowest BCUT2D eigenvalue weighted by atomic mass is 10.00. The summed E-state index contributed by atoms with van der Waals surface area (Å²) in [5.74, 6) is -1.21. The molecule has 3 heterocycles. The molecule has 11 heteroatoms. The number of carbonyl (C=O) groups is 1. The Hall–Kier alpha value is -4.33. The number of fused-ring (bicyclic) bond motifs is 1. The number of rotatable bonds is 7. The van der Waals surface area contributed by atoms with E-state index < -0.39 is 18.1 Å². The molecule has 4 aromatic rings. The Balaban J connectivity index is 1.78. The minimum absolute atomic E-state index is 0.0512. The first kappa shape index (κ1) is 24.4. The number of aromatic carboxylic acids is 1. The number of pyridine rings is 1. The third-order valence-electron chi connectivity index (χ3n) is 6.56. The Morgan fingerprint density at radius 2 is 2.05 bits per heavy atom. The summed E-state index contributed by atoms with van der Waals surface area (Å²) in [7, 11) is 0. The van der Waals surface area contributed by atoms with Crippen molar-refractivity contribution in [2.45, 2.75) is 45.5 Å². The molecule has 1 unspecified atom stereocenters. The second kappa shape index (κ2) is 8.96. The van der Waals surface area contributed by atoms with E-state index in [-0.39, 0.29) is 29.5 Å². The molecule has 0 amide bonds. The van der Waals surface area contributed by atoms with Crippen LogP contribution >= 0.6 is 0 Å². The van der Waals surface area contributed by atoms with Gasteiger partial charge in [0.2, 0.25) is 0 Å². The summed E-state index contributed by atoms with van der Waals surface area (Å²) in [6.07, 6.45) is 0.371. The SMILES string of the molecule is Cc1noc(C)c1-c1cnc2c(c1)c(-c1ccc(C(=O)O)cc1OC(F)(F)F)cn2C(CC#N)C1CC1. The first-order valence-electron chi connectivity index (χ1n) is 11.5. The van der Waals surface area contributed by atoms with Gasteiger partial charge in [-0.25, -0.2) is 9.78 Å². The van der Waals surface area contributed by atoms with E-state index in [2.05, 4.69) is 20.9 Å². The highest BCUT2D eigenvalue weighted by molar-refractivity contribution is 5.99. The van der Waals surface area contributed by atoms with Gasteiger partial charge in [-0.3, -0.25) is 0 Å². The van der Waals surface area contributed by atoms with Crippen molar-refractivity contribution in [1.29, 1.82) is 5.26 Å². The van der Waals surface area contributed by atoms with E-state index in [1.807, 2.05) is 4.57 Å². The van der Waals surface area contributed by atoms with Gasteiger partial charge >= 0.3 is 12.3 Å². The fraction of sp³-hybridized carbons (Fsp3) is 0.308. The van der Waals surface area contributed by atoms with Gasteiger partial charge in [0.05, 0.1) is 29.8 Å². The maximum atomic E-state index is 13.3. The molecule has 1 fully saturated rings. The molecule has 1 aromatic carbocycles. The van der Waals surface area contributed by atoms with Crippen LogP contribution in [0.3, 0.4) is 0 Å². The van der Waals surface area contributed by atoms with Crippen LogP contribution < -0.4 is 4.74 Å². The predicted molar refractivity (Wildman–Crippen MR) is 126 cm³/mol. The quantitative estimate of drug-likeness (QED) is 0.304. The Morgan fingerprint density at radius 1 is 1.30 bits per heavy atom. The number of alkyl halides is 3. The van der Waals surface area contributed by atoms with Gasteiger partial charge in [-0.05, 0) is 56.9 Å². The molecule has 1 saturated carbocycles. The molecule has 1 atom stereocenters. The monoisotopic (exact) mass is 510 g/mol. The molecule has 0 bridgehead atoms. The molecule has 5 rings (SSSR count). The van der Waals surface area contributed by atoms with Crippen molar-refractivity contribution in [3.63, 3.8) is 0 Å². The Labute approximate surface area is 208 Å². The number of nitriles is 1. The average Bonchev–Trinajstić information content (AvgIpc) is 3.53. The van der Waals surface area contributed by atoms with E-state index in [0.29, 0.717) is 33.6 Å². The molecule has 1 N–H and O–H groups in total. The molecular formula is C26H21F3N4O4. The number of halogens is 3. The molecule has 0 radical (unpaired) electrons. The molecule has 190 valence electrons. The van der Waals surface area contributed by atoms with Crippen LogP contribution in [-0.4, -0.2) is 32.1 Å². The number of carboxylic acid groups (broad SMARTS) is 1. The third kappa shape index (κ3) is 4.62. The van der Waals surface area contributed by atoms with Crippen LogP contribution in [0.15, 0.2) is 41.2 Å². The number of aromatic nitrogens is 3. The lowest BCUT2D eigenvalue weighted by Gasteiger charge is -2.16. The molecule has 0 saturated heterocycles. The van der Waals surface area contributed by atoms with Crippen molar-refractivity contribution in [3.05, 3.63) is 53.7 Å². The second-order valence-corrected chi connectivity index (χ2v) is 9.08. The van der Waals surface area contributed by atoms with Gasteiger partial charge < -0.3 is 18.9 Å². The largest absolute Gasteiger partial charge is 0.573 e. The van der Waals surface area contributed by atoms with Crippen LogP contribution in [0.25, 0.3) is 33.3 Å². The maximum absolute atomic E-state index is 13.3. The van der Waals surface area contributed by atoms with E-state index >= 15 is 0 Å². The Kier molecular flexibility index (Phi) is 5.90. The number of hydrogen-bond donors (Lipinski definition) is 1. The summed E-state index contributed by atoms with van der Waals surface area (Å²) < 4.78 is 51.4. The summed E-state index contributed by atoms with van der Waals surface area (Å²) >= 11 is 0. The predicted octanol–water partition coefficient (Wildman–Crippen LogP) is 6.44. The summed E-state index contributed by atoms with van der Waals surface area (Å²) in [4.78, 5) is 16.1. The molecule has 37 heavy (non-hydrogen) atoms.